The van der Waals surface area contributed by atoms with Gasteiger partial charge in [-0.3, -0.25) is 4.90 Å². The molecule has 1 aliphatic rings. The Morgan fingerprint density at radius 3 is 2.45 bits per heavy atom. The summed E-state index contributed by atoms with van der Waals surface area (Å²) in [7, 11) is 0. The zero-order chi connectivity index (χ0) is 20.6. The monoisotopic (exact) mass is 421 g/mol. The number of β-amino-alcohol motifs (C(OH)–C–C–N with tert-alkyl or cyclic N) is 1. The summed E-state index contributed by atoms with van der Waals surface area (Å²) in [6, 6.07) is 10.0. The van der Waals surface area contributed by atoms with Gasteiger partial charge in [-0.1, -0.05) is 24.3 Å². The van der Waals surface area contributed by atoms with Crippen LogP contribution in [0.3, 0.4) is 0 Å². The number of hydrogen-bond acceptors (Lipinski definition) is 7. The Labute approximate surface area is 176 Å². The number of thiophene rings is 1. The highest BCUT2D eigenvalue weighted by Gasteiger charge is 2.40. The Balaban J connectivity index is 1.30. The summed E-state index contributed by atoms with van der Waals surface area (Å²) in [5.41, 5.74) is 3.62. The number of hydrogen-bond donors (Lipinski definition) is 4. The highest BCUT2D eigenvalue weighted by atomic mass is 32.1. The van der Waals surface area contributed by atoms with Crippen molar-refractivity contribution in [2.24, 2.45) is 0 Å². The van der Waals surface area contributed by atoms with Crippen molar-refractivity contribution >= 4 is 11.3 Å². The molecule has 0 aliphatic carbocycles. The van der Waals surface area contributed by atoms with E-state index in [1.165, 1.54) is 11.1 Å². The molecular weight excluding hydrogens is 390 g/mol. The molecule has 0 spiro atoms. The van der Waals surface area contributed by atoms with Gasteiger partial charge in [-0.05, 0) is 59.3 Å². The zero-order valence-corrected chi connectivity index (χ0v) is 17.4. The van der Waals surface area contributed by atoms with Gasteiger partial charge < -0.3 is 25.2 Å². The molecule has 0 unspecified atom stereocenters. The molecule has 1 fully saturated rings. The van der Waals surface area contributed by atoms with Gasteiger partial charge in [-0.25, -0.2) is 0 Å². The Hall–Kier alpha value is -1.32. The Morgan fingerprint density at radius 1 is 0.966 bits per heavy atom. The largest absolute Gasteiger partial charge is 0.395 e. The summed E-state index contributed by atoms with van der Waals surface area (Å²) >= 11 is 1.70. The van der Waals surface area contributed by atoms with Crippen LogP contribution in [0.4, 0.5) is 0 Å². The summed E-state index contributed by atoms with van der Waals surface area (Å²) in [6.07, 6.45) is -0.541. The lowest BCUT2D eigenvalue weighted by atomic mass is 9.94. The topological polar surface area (TPSA) is 93.4 Å². The van der Waals surface area contributed by atoms with Crippen molar-refractivity contribution < 1.29 is 25.2 Å². The predicted molar refractivity (Wildman–Crippen MR) is 114 cm³/mol. The van der Waals surface area contributed by atoms with Gasteiger partial charge in [0.15, 0.2) is 0 Å². The van der Waals surface area contributed by atoms with Crippen LogP contribution in [-0.2, 0) is 11.3 Å². The molecule has 0 saturated carbocycles. The van der Waals surface area contributed by atoms with Gasteiger partial charge in [0.25, 0.3) is 0 Å². The van der Waals surface area contributed by atoms with Crippen LogP contribution >= 0.6 is 11.3 Å². The molecule has 0 amide bonds. The zero-order valence-electron chi connectivity index (χ0n) is 16.6. The van der Waals surface area contributed by atoms with Crippen molar-refractivity contribution in [1.82, 2.24) is 4.90 Å². The highest BCUT2D eigenvalue weighted by molar-refractivity contribution is 7.08. The molecule has 0 radical (unpaired) electrons. The van der Waals surface area contributed by atoms with E-state index in [0.717, 1.165) is 24.8 Å². The van der Waals surface area contributed by atoms with Crippen molar-refractivity contribution in [1.29, 1.82) is 0 Å². The van der Waals surface area contributed by atoms with Gasteiger partial charge in [-0.15, -0.1) is 0 Å². The third-order valence-corrected chi connectivity index (χ3v) is 6.21. The van der Waals surface area contributed by atoms with Crippen molar-refractivity contribution in [3.63, 3.8) is 0 Å². The molecule has 3 rings (SSSR count). The van der Waals surface area contributed by atoms with E-state index in [-0.39, 0.29) is 13.2 Å². The average molecular weight is 422 g/mol. The Morgan fingerprint density at radius 2 is 1.76 bits per heavy atom. The molecule has 1 aromatic heterocycles. The lowest BCUT2D eigenvalue weighted by Gasteiger charge is -2.43. The number of unbranched alkanes of at least 4 members (excludes halogenated alkanes) is 2. The van der Waals surface area contributed by atoms with Crippen LogP contribution in [-0.4, -0.2) is 76.0 Å². The second-order valence-electron chi connectivity index (χ2n) is 7.62. The molecule has 160 valence electrons. The van der Waals surface area contributed by atoms with Crippen LogP contribution in [0.5, 0.6) is 0 Å². The maximum Gasteiger partial charge on any atom is 0.109 e. The molecule has 6 nitrogen and oxygen atoms in total. The van der Waals surface area contributed by atoms with Gasteiger partial charge in [0.05, 0.1) is 25.4 Å². The molecular formula is C22H31NO5S. The van der Waals surface area contributed by atoms with Crippen LogP contribution < -0.4 is 0 Å². The molecule has 7 heteroatoms. The van der Waals surface area contributed by atoms with Crippen molar-refractivity contribution in [2.45, 2.75) is 50.2 Å². The number of aliphatic hydroxyl groups is 4. The minimum absolute atomic E-state index is 0.237. The average Bonchev–Trinajstić information content (AvgIpc) is 3.27. The summed E-state index contributed by atoms with van der Waals surface area (Å²) in [5.74, 6) is 0. The fourth-order valence-corrected chi connectivity index (χ4v) is 4.41. The van der Waals surface area contributed by atoms with Gasteiger partial charge >= 0.3 is 0 Å². The van der Waals surface area contributed by atoms with E-state index in [1.807, 2.05) is 4.90 Å². The number of aliphatic hydroxyl groups excluding tert-OH is 4. The molecule has 2 heterocycles. The van der Waals surface area contributed by atoms with E-state index in [2.05, 4.69) is 41.1 Å². The fourth-order valence-electron chi connectivity index (χ4n) is 3.74. The van der Waals surface area contributed by atoms with Crippen molar-refractivity contribution in [3.05, 3.63) is 46.7 Å². The second-order valence-corrected chi connectivity index (χ2v) is 8.40. The fraction of sp³-hybridized carbons (Fsp3) is 0.545. The highest BCUT2D eigenvalue weighted by Crippen LogP contribution is 2.22. The van der Waals surface area contributed by atoms with Crippen LogP contribution in [0.15, 0.2) is 41.1 Å². The lowest BCUT2D eigenvalue weighted by Crippen LogP contribution is -2.62. The first-order valence-electron chi connectivity index (χ1n) is 10.2. The quantitative estimate of drug-likeness (QED) is 0.438. The number of nitrogens with zero attached hydrogens (tertiary/aromatic N) is 1. The third-order valence-electron chi connectivity index (χ3n) is 5.53. The van der Waals surface area contributed by atoms with E-state index >= 15 is 0 Å². The van der Waals surface area contributed by atoms with E-state index in [0.29, 0.717) is 19.8 Å². The molecule has 29 heavy (non-hydrogen) atoms. The second kappa shape index (κ2) is 11.2. The summed E-state index contributed by atoms with van der Waals surface area (Å²) < 4.78 is 5.77. The van der Waals surface area contributed by atoms with Crippen molar-refractivity contribution in [2.75, 3.05) is 26.3 Å². The van der Waals surface area contributed by atoms with Gasteiger partial charge in [0.1, 0.15) is 12.2 Å². The number of benzene rings is 1. The van der Waals surface area contributed by atoms with E-state index in [1.54, 1.807) is 11.3 Å². The first-order valence-corrected chi connectivity index (χ1v) is 11.1. The maximum absolute atomic E-state index is 10.00. The molecule has 1 saturated heterocycles. The molecule has 1 aliphatic heterocycles. The Kier molecular flexibility index (Phi) is 8.62. The minimum atomic E-state index is -1.20. The lowest BCUT2D eigenvalue weighted by molar-refractivity contribution is -0.145. The minimum Gasteiger partial charge on any atom is -0.395 e. The van der Waals surface area contributed by atoms with Crippen molar-refractivity contribution in [3.8, 4) is 11.1 Å². The van der Waals surface area contributed by atoms with Crippen LogP contribution in [0.25, 0.3) is 11.1 Å². The Bertz CT molecular complexity index is 709. The van der Waals surface area contributed by atoms with Gasteiger partial charge in [0.2, 0.25) is 0 Å². The van der Waals surface area contributed by atoms with E-state index < -0.39 is 24.4 Å². The first kappa shape index (κ1) is 22.4. The van der Waals surface area contributed by atoms with Crippen LogP contribution in [0.2, 0.25) is 0 Å². The SMILES string of the molecule is OC[C@@H]1[C@@H](O)[C@H](O)[C@@H](O)CN1CCCCCOCc1ccc(-c2ccsc2)cc1. The van der Waals surface area contributed by atoms with Gasteiger partial charge in [-0.2, -0.15) is 11.3 Å². The maximum atomic E-state index is 10.00. The van der Waals surface area contributed by atoms with Gasteiger partial charge in [0, 0.05) is 13.2 Å². The molecule has 4 atom stereocenters. The number of ether oxygens (including phenoxy) is 1. The summed E-state index contributed by atoms with van der Waals surface area (Å²) in [5, 5.41) is 43.3. The molecule has 1 aromatic carbocycles. The normalized spacial score (nSPS) is 25.4. The summed E-state index contributed by atoms with van der Waals surface area (Å²) in [4.78, 5) is 1.86. The molecule has 4 N–H and O–H groups in total. The number of piperidine rings is 1. The van der Waals surface area contributed by atoms with E-state index in [4.69, 9.17) is 4.74 Å². The molecule has 0 bridgehead atoms. The predicted octanol–water partition coefficient (Wildman–Crippen LogP) is 1.86. The number of likely N-dealkylation sites (tertiary alicyclic amines) is 1. The number of rotatable bonds is 10. The first-order chi connectivity index (χ1) is 14.1. The van der Waals surface area contributed by atoms with Crippen LogP contribution in [0.1, 0.15) is 24.8 Å². The third kappa shape index (κ3) is 6.08. The standard InChI is InChI=1S/C22H31NO5S/c24-13-19-21(26)22(27)20(25)12-23(19)9-2-1-3-10-28-14-16-4-6-17(7-5-16)18-8-11-29-15-18/h4-8,11,15,19-22,24-27H,1-3,9-10,12-14H2/t19-,20+,21-,22-/m1/s1. The smallest absolute Gasteiger partial charge is 0.109 e. The van der Waals surface area contributed by atoms with E-state index in [9.17, 15) is 20.4 Å². The van der Waals surface area contributed by atoms with Crippen LogP contribution in [0, 0.1) is 0 Å². The molecule has 2 aromatic rings. The summed E-state index contributed by atoms with van der Waals surface area (Å²) in [6.45, 7) is 1.97.